The van der Waals surface area contributed by atoms with Crippen LogP contribution < -0.4 is 11.1 Å². The van der Waals surface area contributed by atoms with Crippen LogP contribution in [0.1, 0.15) is 10.5 Å². The summed E-state index contributed by atoms with van der Waals surface area (Å²) in [4.78, 5) is 16.0. The number of rotatable bonds is 3. The first-order valence-corrected chi connectivity index (χ1v) is 6.32. The standard InChI is InChI=1S/C14H14N6O/c1-19-7-10(15)6-13(19)14(21)18-11-2-4-12(5-3-11)20-9-16-8-17-20/h2-9H,15H2,1H3,(H,18,21). The molecule has 0 radical (unpaired) electrons. The van der Waals surface area contributed by atoms with E-state index in [1.165, 1.54) is 6.33 Å². The maximum atomic E-state index is 12.1. The first-order chi connectivity index (χ1) is 10.1. The Hall–Kier alpha value is -3.09. The van der Waals surface area contributed by atoms with E-state index in [0.29, 0.717) is 17.1 Å². The largest absolute Gasteiger partial charge is 0.397 e. The molecule has 7 nitrogen and oxygen atoms in total. The van der Waals surface area contributed by atoms with E-state index < -0.39 is 0 Å². The Balaban J connectivity index is 1.76. The molecule has 106 valence electrons. The Kier molecular flexibility index (Phi) is 3.15. The molecule has 2 heterocycles. The van der Waals surface area contributed by atoms with Crippen LogP contribution in [0.5, 0.6) is 0 Å². The third kappa shape index (κ3) is 2.62. The maximum absolute atomic E-state index is 12.1. The molecule has 0 saturated heterocycles. The molecule has 0 fully saturated rings. The van der Waals surface area contributed by atoms with Gasteiger partial charge in [0.2, 0.25) is 0 Å². The van der Waals surface area contributed by atoms with E-state index in [9.17, 15) is 4.79 Å². The maximum Gasteiger partial charge on any atom is 0.272 e. The highest BCUT2D eigenvalue weighted by Crippen LogP contribution is 2.15. The van der Waals surface area contributed by atoms with E-state index in [0.717, 1.165) is 5.69 Å². The Morgan fingerprint density at radius 3 is 2.62 bits per heavy atom. The zero-order valence-corrected chi connectivity index (χ0v) is 11.4. The van der Waals surface area contributed by atoms with E-state index in [2.05, 4.69) is 15.4 Å². The van der Waals surface area contributed by atoms with Gasteiger partial charge in [-0.3, -0.25) is 4.79 Å². The van der Waals surface area contributed by atoms with Crippen molar-refractivity contribution in [2.75, 3.05) is 11.1 Å². The van der Waals surface area contributed by atoms with Crippen molar-refractivity contribution in [2.45, 2.75) is 0 Å². The van der Waals surface area contributed by atoms with Gasteiger partial charge >= 0.3 is 0 Å². The number of hydrogen-bond acceptors (Lipinski definition) is 4. The smallest absolute Gasteiger partial charge is 0.272 e. The second-order valence-corrected chi connectivity index (χ2v) is 4.61. The Morgan fingerprint density at radius 1 is 1.29 bits per heavy atom. The van der Waals surface area contributed by atoms with Crippen LogP contribution in [0.4, 0.5) is 11.4 Å². The molecule has 3 aromatic rings. The lowest BCUT2D eigenvalue weighted by atomic mass is 10.2. The number of benzene rings is 1. The summed E-state index contributed by atoms with van der Waals surface area (Å²) in [7, 11) is 1.78. The van der Waals surface area contributed by atoms with E-state index >= 15 is 0 Å². The second-order valence-electron chi connectivity index (χ2n) is 4.61. The van der Waals surface area contributed by atoms with E-state index in [1.807, 2.05) is 12.1 Å². The molecule has 1 amide bonds. The summed E-state index contributed by atoms with van der Waals surface area (Å²) in [6.45, 7) is 0. The van der Waals surface area contributed by atoms with Gasteiger partial charge in [-0.25, -0.2) is 9.67 Å². The van der Waals surface area contributed by atoms with Gasteiger partial charge in [-0.15, -0.1) is 0 Å². The summed E-state index contributed by atoms with van der Waals surface area (Å²) >= 11 is 0. The number of carbonyl (C=O) groups is 1. The molecule has 0 aliphatic carbocycles. The van der Waals surface area contributed by atoms with Gasteiger partial charge in [0.15, 0.2) is 0 Å². The van der Waals surface area contributed by atoms with E-state index in [1.54, 1.807) is 47.0 Å². The van der Waals surface area contributed by atoms with E-state index in [-0.39, 0.29) is 5.91 Å². The molecule has 0 unspecified atom stereocenters. The average molecular weight is 282 g/mol. The monoisotopic (exact) mass is 282 g/mol. The van der Waals surface area contributed by atoms with Gasteiger partial charge in [-0.05, 0) is 30.3 Å². The molecule has 0 bridgehead atoms. The summed E-state index contributed by atoms with van der Waals surface area (Å²) in [5.74, 6) is -0.206. The summed E-state index contributed by atoms with van der Waals surface area (Å²) in [5, 5.41) is 6.86. The molecule has 1 aromatic carbocycles. The summed E-state index contributed by atoms with van der Waals surface area (Å²) < 4.78 is 3.33. The summed E-state index contributed by atoms with van der Waals surface area (Å²) in [5.41, 5.74) is 8.30. The van der Waals surface area contributed by atoms with Crippen molar-refractivity contribution in [1.29, 1.82) is 0 Å². The van der Waals surface area contributed by atoms with Crippen LogP contribution >= 0.6 is 0 Å². The third-order valence-corrected chi connectivity index (χ3v) is 3.07. The van der Waals surface area contributed by atoms with Crippen LogP contribution in [0.2, 0.25) is 0 Å². The van der Waals surface area contributed by atoms with Crippen molar-refractivity contribution >= 4 is 17.3 Å². The lowest BCUT2D eigenvalue weighted by molar-refractivity contribution is 0.101. The Morgan fingerprint density at radius 2 is 2.05 bits per heavy atom. The number of aromatic nitrogens is 4. The topological polar surface area (TPSA) is 90.8 Å². The van der Waals surface area contributed by atoms with Gasteiger partial charge in [-0.2, -0.15) is 5.10 Å². The van der Waals surface area contributed by atoms with Crippen molar-refractivity contribution in [3.63, 3.8) is 0 Å². The third-order valence-electron chi connectivity index (χ3n) is 3.07. The highest BCUT2D eigenvalue weighted by Gasteiger charge is 2.11. The minimum absolute atomic E-state index is 0.206. The van der Waals surface area contributed by atoms with Gasteiger partial charge in [0, 0.05) is 18.9 Å². The van der Waals surface area contributed by atoms with Gasteiger partial charge in [-0.1, -0.05) is 0 Å². The number of anilines is 2. The van der Waals surface area contributed by atoms with Crippen molar-refractivity contribution in [1.82, 2.24) is 19.3 Å². The number of carbonyl (C=O) groups excluding carboxylic acids is 1. The predicted octanol–water partition coefficient (Wildman–Crippen LogP) is 1.44. The first-order valence-electron chi connectivity index (χ1n) is 6.32. The minimum atomic E-state index is -0.206. The molecule has 21 heavy (non-hydrogen) atoms. The lowest BCUT2D eigenvalue weighted by Crippen LogP contribution is -2.15. The van der Waals surface area contributed by atoms with Crippen LogP contribution in [-0.4, -0.2) is 25.2 Å². The molecule has 0 aliphatic heterocycles. The normalized spacial score (nSPS) is 10.5. The van der Waals surface area contributed by atoms with Crippen molar-refractivity contribution in [3.05, 3.63) is 54.9 Å². The lowest BCUT2D eigenvalue weighted by Gasteiger charge is -2.07. The highest BCUT2D eigenvalue weighted by molar-refractivity contribution is 6.03. The Labute approximate surface area is 121 Å². The number of nitrogens with zero attached hydrogens (tertiary/aromatic N) is 4. The van der Waals surface area contributed by atoms with Crippen LogP contribution in [0, 0.1) is 0 Å². The molecule has 0 atom stereocenters. The Bertz CT molecular complexity index is 757. The van der Waals surface area contributed by atoms with Crippen molar-refractivity contribution in [2.24, 2.45) is 7.05 Å². The molecule has 0 saturated carbocycles. The van der Waals surface area contributed by atoms with Crippen molar-refractivity contribution in [3.8, 4) is 5.69 Å². The minimum Gasteiger partial charge on any atom is -0.397 e. The van der Waals surface area contributed by atoms with Crippen LogP contribution in [0.3, 0.4) is 0 Å². The number of nitrogens with one attached hydrogen (secondary N) is 1. The summed E-state index contributed by atoms with van der Waals surface area (Å²) in [6, 6.07) is 8.95. The van der Waals surface area contributed by atoms with Crippen LogP contribution in [-0.2, 0) is 7.05 Å². The molecular formula is C14H14N6O. The van der Waals surface area contributed by atoms with Gasteiger partial charge in [0.1, 0.15) is 18.3 Å². The number of aryl methyl sites for hydroxylation is 1. The predicted molar refractivity (Wildman–Crippen MR) is 79.1 cm³/mol. The molecule has 7 heteroatoms. The molecular weight excluding hydrogens is 268 g/mol. The van der Waals surface area contributed by atoms with Gasteiger partial charge < -0.3 is 15.6 Å². The fraction of sp³-hybridized carbons (Fsp3) is 0.0714. The van der Waals surface area contributed by atoms with Crippen LogP contribution in [0.15, 0.2) is 49.2 Å². The average Bonchev–Trinajstić information content (AvgIpc) is 3.09. The zero-order chi connectivity index (χ0) is 14.8. The molecule has 3 rings (SSSR count). The van der Waals surface area contributed by atoms with Gasteiger partial charge in [0.25, 0.3) is 5.91 Å². The second kappa shape index (κ2) is 5.12. The fourth-order valence-electron chi connectivity index (χ4n) is 2.05. The fourth-order valence-corrected chi connectivity index (χ4v) is 2.05. The van der Waals surface area contributed by atoms with Crippen LogP contribution in [0.25, 0.3) is 5.69 Å². The molecule has 0 spiro atoms. The quantitative estimate of drug-likeness (QED) is 0.760. The number of nitrogen functional groups attached to an aromatic ring is 1. The molecule has 2 aromatic heterocycles. The van der Waals surface area contributed by atoms with E-state index in [4.69, 9.17) is 5.73 Å². The van der Waals surface area contributed by atoms with Gasteiger partial charge in [0.05, 0.1) is 11.4 Å². The number of amides is 1. The number of nitrogens with two attached hydrogens (primary N) is 1. The highest BCUT2D eigenvalue weighted by atomic mass is 16.1. The summed E-state index contributed by atoms with van der Waals surface area (Å²) in [6.07, 6.45) is 4.78. The number of hydrogen-bond donors (Lipinski definition) is 2. The van der Waals surface area contributed by atoms with Crippen molar-refractivity contribution < 1.29 is 4.79 Å². The molecule has 0 aliphatic rings. The molecule has 3 N–H and O–H groups in total. The zero-order valence-electron chi connectivity index (χ0n) is 11.4. The SMILES string of the molecule is Cn1cc(N)cc1C(=O)Nc1ccc(-n2cncn2)cc1. The first kappa shape index (κ1) is 12.9.